The van der Waals surface area contributed by atoms with Gasteiger partial charge in [0.25, 0.3) is 5.88 Å². The number of fused-ring (bicyclic) bond motifs is 1. The van der Waals surface area contributed by atoms with Gasteiger partial charge in [-0.3, -0.25) is 0 Å². The summed E-state index contributed by atoms with van der Waals surface area (Å²) in [6.45, 7) is 0.154. The molecule has 2 rings (SSSR count). The summed E-state index contributed by atoms with van der Waals surface area (Å²) >= 11 is 0. The summed E-state index contributed by atoms with van der Waals surface area (Å²) in [5.41, 5.74) is 7.09. The second-order valence-corrected chi connectivity index (χ2v) is 2.82. The third kappa shape index (κ3) is 2.69. The average molecular weight is 266 g/mol. The quantitative estimate of drug-likeness (QED) is 0.873. The van der Waals surface area contributed by atoms with Gasteiger partial charge >= 0.3 is 0 Å². The molecule has 5 nitrogen and oxygen atoms in total. The normalized spacial score (nSPS) is 9.31. The van der Waals surface area contributed by atoms with E-state index < -0.39 is 0 Å². The SMILES string of the molecule is Cl.Cl.Nc1c(OCCO)nn2ccccc12. The van der Waals surface area contributed by atoms with Gasteiger partial charge in [0.15, 0.2) is 0 Å². The van der Waals surface area contributed by atoms with Crippen LogP contribution in [0.4, 0.5) is 5.69 Å². The van der Waals surface area contributed by atoms with E-state index in [0.29, 0.717) is 11.6 Å². The Morgan fingerprint density at radius 1 is 1.38 bits per heavy atom. The second-order valence-electron chi connectivity index (χ2n) is 2.82. The van der Waals surface area contributed by atoms with Crippen molar-refractivity contribution < 1.29 is 9.84 Å². The van der Waals surface area contributed by atoms with E-state index in [-0.39, 0.29) is 38.0 Å². The van der Waals surface area contributed by atoms with Crippen molar-refractivity contribution in [2.45, 2.75) is 0 Å². The standard InChI is InChI=1S/C9H11N3O2.2ClH/c10-8-7-3-1-2-4-12(7)11-9(8)14-6-5-13;;/h1-4,13H,5-6,10H2;2*1H. The average Bonchev–Trinajstić information content (AvgIpc) is 2.54. The molecule has 0 unspecified atom stereocenters. The molecular formula is C9H13Cl2N3O2. The van der Waals surface area contributed by atoms with Crippen molar-refractivity contribution in [3.8, 4) is 5.88 Å². The number of ether oxygens (including phenoxy) is 1. The van der Waals surface area contributed by atoms with Crippen LogP contribution >= 0.6 is 24.8 Å². The first-order valence-corrected chi connectivity index (χ1v) is 4.29. The predicted octanol–water partition coefficient (Wildman–Crippen LogP) is 1.13. The molecule has 0 saturated heterocycles. The van der Waals surface area contributed by atoms with E-state index in [4.69, 9.17) is 15.6 Å². The van der Waals surface area contributed by atoms with Crippen LogP contribution in [0.2, 0.25) is 0 Å². The Hall–Kier alpha value is -1.17. The summed E-state index contributed by atoms with van der Waals surface area (Å²) in [5, 5.41) is 12.7. The Morgan fingerprint density at radius 3 is 2.75 bits per heavy atom. The lowest BCUT2D eigenvalue weighted by atomic mass is 10.4. The largest absolute Gasteiger partial charge is 0.473 e. The molecule has 2 heterocycles. The van der Waals surface area contributed by atoms with Crippen LogP contribution in [0.25, 0.3) is 5.52 Å². The Labute approximate surface area is 105 Å². The van der Waals surface area contributed by atoms with E-state index in [1.807, 2.05) is 18.2 Å². The zero-order valence-electron chi connectivity index (χ0n) is 8.37. The van der Waals surface area contributed by atoms with E-state index in [1.165, 1.54) is 0 Å². The lowest BCUT2D eigenvalue weighted by molar-refractivity contribution is 0.197. The predicted molar refractivity (Wildman–Crippen MR) is 66.7 cm³/mol. The molecule has 0 aliphatic rings. The number of hydrogen-bond acceptors (Lipinski definition) is 4. The number of anilines is 1. The highest BCUT2D eigenvalue weighted by molar-refractivity contribution is 5.85. The number of aliphatic hydroxyl groups excluding tert-OH is 1. The van der Waals surface area contributed by atoms with Crippen molar-refractivity contribution in [2.75, 3.05) is 18.9 Å². The molecule has 2 aromatic rings. The first kappa shape index (κ1) is 14.8. The minimum Gasteiger partial charge on any atom is -0.473 e. The van der Waals surface area contributed by atoms with Crippen LogP contribution in [0, 0.1) is 0 Å². The van der Waals surface area contributed by atoms with E-state index in [9.17, 15) is 0 Å². The molecule has 0 aromatic carbocycles. The highest BCUT2D eigenvalue weighted by Gasteiger charge is 2.09. The maximum atomic E-state index is 8.59. The monoisotopic (exact) mass is 265 g/mol. The molecule has 0 spiro atoms. The molecule has 0 bridgehead atoms. The lowest BCUT2D eigenvalue weighted by Crippen LogP contribution is -2.03. The highest BCUT2D eigenvalue weighted by Crippen LogP contribution is 2.24. The van der Waals surface area contributed by atoms with Crippen molar-refractivity contribution >= 4 is 36.0 Å². The zero-order chi connectivity index (χ0) is 9.97. The van der Waals surface area contributed by atoms with Gasteiger partial charge in [-0.15, -0.1) is 29.9 Å². The van der Waals surface area contributed by atoms with Gasteiger partial charge in [-0.05, 0) is 12.1 Å². The van der Waals surface area contributed by atoms with Gasteiger partial charge in [0.1, 0.15) is 12.3 Å². The molecule has 0 fully saturated rings. The van der Waals surface area contributed by atoms with Crippen LogP contribution in [-0.2, 0) is 0 Å². The third-order valence-electron chi connectivity index (χ3n) is 1.87. The molecule has 0 aliphatic carbocycles. The van der Waals surface area contributed by atoms with Gasteiger partial charge < -0.3 is 15.6 Å². The van der Waals surface area contributed by atoms with E-state index in [1.54, 1.807) is 10.7 Å². The molecule has 0 atom stereocenters. The summed E-state index contributed by atoms with van der Waals surface area (Å²) in [6, 6.07) is 5.59. The molecule has 0 radical (unpaired) electrons. The first-order valence-electron chi connectivity index (χ1n) is 4.29. The van der Waals surface area contributed by atoms with E-state index >= 15 is 0 Å². The van der Waals surface area contributed by atoms with Gasteiger partial charge in [0.2, 0.25) is 0 Å². The summed E-state index contributed by atoms with van der Waals surface area (Å²) in [7, 11) is 0. The number of pyridine rings is 1. The Balaban J connectivity index is 0.00000112. The molecular weight excluding hydrogens is 253 g/mol. The Bertz CT molecular complexity index is 447. The summed E-state index contributed by atoms with van der Waals surface area (Å²) in [6.07, 6.45) is 1.79. The number of aromatic nitrogens is 2. The number of hydrogen-bond donors (Lipinski definition) is 2. The van der Waals surface area contributed by atoms with Crippen molar-refractivity contribution in [2.24, 2.45) is 0 Å². The smallest absolute Gasteiger partial charge is 0.257 e. The van der Waals surface area contributed by atoms with Crippen LogP contribution < -0.4 is 10.5 Å². The van der Waals surface area contributed by atoms with Crippen LogP contribution in [0.5, 0.6) is 5.88 Å². The lowest BCUT2D eigenvalue weighted by Gasteiger charge is -1.98. The molecule has 0 amide bonds. The van der Waals surface area contributed by atoms with Crippen LogP contribution in [-0.4, -0.2) is 27.9 Å². The second kappa shape index (κ2) is 6.42. The van der Waals surface area contributed by atoms with E-state index in [0.717, 1.165) is 5.52 Å². The van der Waals surface area contributed by atoms with Crippen molar-refractivity contribution in [1.29, 1.82) is 0 Å². The fourth-order valence-electron chi connectivity index (χ4n) is 1.25. The summed E-state index contributed by atoms with van der Waals surface area (Å²) in [4.78, 5) is 0. The highest BCUT2D eigenvalue weighted by atomic mass is 35.5. The third-order valence-corrected chi connectivity index (χ3v) is 1.87. The molecule has 3 N–H and O–H groups in total. The van der Waals surface area contributed by atoms with Crippen molar-refractivity contribution in [1.82, 2.24) is 9.61 Å². The van der Waals surface area contributed by atoms with Gasteiger partial charge in [0.05, 0.1) is 12.1 Å². The molecule has 0 aliphatic heterocycles. The summed E-state index contributed by atoms with van der Waals surface area (Å²) < 4.78 is 6.80. The maximum Gasteiger partial charge on any atom is 0.257 e. The number of rotatable bonds is 3. The number of halogens is 2. The minimum atomic E-state index is -0.0483. The molecule has 90 valence electrons. The number of aliphatic hydroxyl groups is 1. The molecule has 2 aromatic heterocycles. The Kier molecular flexibility index (Phi) is 5.95. The zero-order valence-corrected chi connectivity index (χ0v) is 10.0. The van der Waals surface area contributed by atoms with E-state index in [2.05, 4.69) is 5.10 Å². The number of nitrogens with zero attached hydrogens (tertiary/aromatic N) is 2. The van der Waals surface area contributed by atoms with Crippen molar-refractivity contribution in [3.05, 3.63) is 24.4 Å². The summed E-state index contributed by atoms with van der Waals surface area (Å²) in [5.74, 6) is 0.366. The maximum absolute atomic E-state index is 8.59. The topological polar surface area (TPSA) is 72.8 Å². The Morgan fingerprint density at radius 2 is 2.12 bits per heavy atom. The fourth-order valence-corrected chi connectivity index (χ4v) is 1.25. The van der Waals surface area contributed by atoms with Gasteiger partial charge in [-0.1, -0.05) is 6.07 Å². The number of nitrogens with two attached hydrogens (primary N) is 1. The van der Waals surface area contributed by atoms with Crippen LogP contribution in [0.3, 0.4) is 0 Å². The van der Waals surface area contributed by atoms with Gasteiger partial charge in [-0.25, -0.2) is 4.52 Å². The molecule has 0 saturated carbocycles. The minimum absolute atomic E-state index is 0. The molecule has 16 heavy (non-hydrogen) atoms. The van der Waals surface area contributed by atoms with Gasteiger partial charge in [0, 0.05) is 6.20 Å². The molecule has 7 heteroatoms. The first-order chi connectivity index (χ1) is 6.83. The van der Waals surface area contributed by atoms with Crippen molar-refractivity contribution in [3.63, 3.8) is 0 Å². The van der Waals surface area contributed by atoms with Gasteiger partial charge in [-0.2, -0.15) is 0 Å². The van der Waals surface area contributed by atoms with Crippen LogP contribution in [0.15, 0.2) is 24.4 Å². The number of nitrogen functional groups attached to an aromatic ring is 1. The van der Waals surface area contributed by atoms with Crippen LogP contribution in [0.1, 0.15) is 0 Å². The fraction of sp³-hybridized carbons (Fsp3) is 0.222.